The van der Waals surface area contributed by atoms with Crippen molar-refractivity contribution in [2.45, 2.75) is 25.7 Å². The number of ether oxygens (including phenoxy) is 2. The number of amides is 2. The molecule has 1 aromatic carbocycles. The number of morpholine rings is 2. The number of carbonyl (C=O) groups is 2. The van der Waals surface area contributed by atoms with E-state index in [0.717, 1.165) is 89.7 Å². The number of hydrogen-bond donors (Lipinski definition) is 2. The molecule has 2 N–H and O–H groups in total. The lowest BCUT2D eigenvalue weighted by atomic mass is 10.1. The normalized spacial score (nSPS) is 17.8. The summed E-state index contributed by atoms with van der Waals surface area (Å²) in [4.78, 5) is 29.1. The summed E-state index contributed by atoms with van der Waals surface area (Å²) in [6.07, 6.45) is 2.63. The zero-order valence-corrected chi connectivity index (χ0v) is 19.2. The third-order valence-electron chi connectivity index (χ3n) is 5.91. The van der Waals surface area contributed by atoms with Crippen molar-refractivity contribution in [1.29, 1.82) is 0 Å². The molecule has 2 heterocycles. The van der Waals surface area contributed by atoms with Crippen LogP contribution in [0.2, 0.25) is 0 Å². The van der Waals surface area contributed by atoms with Gasteiger partial charge >= 0.3 is 0 Å². The van der Waals surface area contributed by atoms with Crippen LogP contribution in [0.4, 0.5) is 0 Å². The second-order valence-corrected chi connectivity index (χ2v) is 8.49. The molecule has 0 unspecified atom stereocenters. The Kier molecular flexibility index (Phi) is 10.9. The molecule has 2 amide bonds. The van der Waals surface area contributed by atoms with E-state index in [1.165, 1.54) is 0 Å². The molecule has 32 heavy (non-hydrogen) atoms. The molecule has 0 radical (unpaired) electrons. The summed E-state index contributed by atoms with van der Waals surface area (Å²) in [7, 11) is 0. The average molecular weight is 447 g/mol. The second kappa shape index (κ2) is 14.2. The summed E-state index contributed by atoms with van der Waals surface area (Å²) >= 11 is 0. The number of carbonyl (C=O) groups excluding carboxylic acids is 2. The van der Waals surface area contributed by atoms with E-state index in [1.807, 2.05) is 24.3 Å². The summed E-state index contributed by atoms with van der Waals surface area (Å²) < 4.78 is 10.7. The lowest BCUT2D eigenvalue weighted by molar-refractivity contribution is -0.121. The van der Waals surface area contributed by atoms with E-state index in [0.29, 0.717) is 25.9 Å². The van der Waals surface area contributed by atoms with Crippen LogP contribution in [0.3, 0.4) is 0 Å². The summed E-state index contributed by atoms with van der Waals surface area (Å²) in [6.45, 7) is 10.5. The van der Waals surface area contributed by atoms with Gasteiger partial charge in [0.15, 0.2) is 0 Å². The monoisotopic (exact) mass is 446 g/mol. The molecule has 0 aliphatic carbocycles. The van der Waals surface area contributed by atoms with E-state index >= 15 is 0 Å². The van der Waals surface area contributed by atoms with Crippen LogP contribution < -0.4 is 10.6 Å². The Morgan fingerprint density at radius 1 is 0.688 bits per heavy atom. The van der Waals surface area contributed by atoms with E-state index in [9.17, 15) is 9.59 Å². The molecule has 8 nitrogen and oxygen atoms in total. The van der Waals surface area contributed by atoms with Gasteiger partial charge in [0.25, 0.3) is 0 Å². The van der Waals surface area contributed by atoms with E-state index in [1.54, 1.807) is 0 Å². The largest absolute Gasteiger partial charge is 0.379 e. The maximum atomic E-state index is 12.2. The quantitative estimate of drug-likeness (QED) is 0.454. The Morgan fingerprint density at radius 3 is 1.44 bits per heavy atom. The van der Waals surface area contributed by atoms with E-state index in [2.05, 4.69) is 20.4 Å². The molecule has 0 spiro atoms. The Balaban J connectivity index is 1.25. The van der Waals surface area contributed by atoms with Crippen LogP contribution in [0, 0.1) is 0 Å². The van der Waals surface area contributed by atoms with Crippen molar-refractivity contribution in [1.82, 2.24) is 20.4 Å². The van der Waals surface area contributed by atoms with Gasteiger partial charge in [-0.25, -0.2) is 0 Å². The SMILES string of the molecule is O=C(Cc1ccc(CC(=O)NCCCN2CCOCC2)cc1)NCCCN1CCOCC1. The first kappa shape index (κ1) is 24.6. The minimum absolute atomic E-state index is 0.0396. The first-order valence-corrected chi connectivity index (χ1v) is 11.9. The first-order chi connectivity index (χ1) is 15.7. The highest BCUT2D eigenvalue weighted by Crippen LogP contribution is 2.06. The van der Waals surface area contributed by atoms with Crippen LogP contribution in [-0.4, -0.2) is 100 Å². The second-order valence-electron chi connectivity index (χ2n) is 8.49. The van der Waals surface area contributed by atoms with Gasteiger partial charge in [0, 0.05) is 39.3 Å². The molecular weight excluding hydrogens is 408 g/mol. The topological polar surface area (TPSA) is 83.1 Å². The smallest absolute Gasteiger partial charge is 0.224 e. The Labute approximate surface area is 191 Å². The highest BCUT2D eigenvalue weighted by Gasteiger charge is 2.11. The fraction of sp³-hybridized carbons (Fsp3) is 0.667. The van der Waals surface area contributed by atoms with Crippen LogP contribution in [0.5, 0.6) is 0 Å². The molecular formula is C24H38N4O4. The van der Waals surface area contributed by atoms with Gasteiger partial charge in [0.1, 0.15) is 0 Å². The van der Waals surface area contributed by atoms with Crippen molar-refractivity contribution in [3.63, 3.8) is 0 Å². The molecule has 2 fully saturated rings. The van der Waals surface area contributed by atoms with Crippen LogP contribution in [0.15, 0.2) is 24.3 Å². The summed E-state index contributed by atoms with van der Waals surface area (Å²) in [5.41, 5.74) is 1.93. The van der Waals surface area contributed by atoms with Gasteiger partial charge in [-0.15, -0.1) is 0 Å². The van der Waals surface area contributed by atoms with Crippen molar-refractivity contribution in [2.75, 3.05) is 78.8 Å². The first-order valence-electron chi connectivity index (χ1n) is 11.9. The maximum Gasteiger partial charge on any atom is 0.224 e. The lowest BCUT2D eigenvalue weighted by Gasteiger charge is -2.26. The molecule has 2 aliphatic heterocycles. The van der Waals surface area contributed by atoms with Gasteiger partial charge in [-0.3, -0.25) is 19.4 Å². The fourth-order valence-electron chi connectivity index (χ4n) is 3.98. The molecule has 3 rings (SSSR count). The van der Waals surface area contributed by atoms with Gasteiger partial charge < -0.3 is 20.1 Å². The molecule has 0 bridgehead atoms. The predicted molar refractivity (Wildman–Crippen MR) is 124 cm³/mol. The number of nitrogens with one attached hydrogen (secondary N) is 2. The lowest BCUT2D eigenvalue weighted by Crippen LogP contribution is -2.38. The standard InChI is InChI=1S/C24H38N4O4/c29-23(25-7-1-9-27-11-15-31-16-12-27)19-21-3-5-22(6-4-21)20-24(30)26-8-2-10-28-13-17-32-18-14-28/h3-6H,1-2,7-20H2,(H,25,29)(H,26,30). The van der Waals surface area contributed by atoms with Gasteiger partial charge in [-0.05, 0) is 37.1 Å². The zero-order valence-electron chi connectivity index (χ0n) is 19.2. The highest BCUT2D eigenvalue weighted by atomic mass is 16.5. The minimum Gasteiger partial charge on any atom is -0.379 e. The van der Waals surface area contributed by atoms with Crippen molar-refractivity contribution < 1.29 is 19.1 Å². The van der Waals surface area contributed by atoms with Crippen LogP contribution in [-0.2, 0) is 31.9 Å². The molecule has 0 atom stereocenters. The third kappa shape index (κ3) is 9.65. The molecule has 8 heteroatoms. The highest BCUT2D eigenvalue weighted by molar-refractivity contribution is 5.79. The summed E-state index contributed by atoms with van der Waals surface area (Å²) in [5, 5.41) is 6.00. The molecule has 2 aliphatic rings. The van der Waals surface area contributed by atoms with Gasteiger partial charge in [0.2, 0.25) is 11.8 Å². The number of benzene rings is 1. The van der Waals surface area contributed by atoms with Crippen molar-refractivity contribution >= 4 is 11.8 Å². The molecule has 178 valence electrons. The van der Waals surface area contributed by atoms with Crippen LogP contribution in [0.1, 0.15) is 24.0 Å². The van der Waals surface area contributed by atoms with E-state index < -0.39 is 0 Å². The van der Waals surface area contributed by atoms with Crippen molar-refractivity contribution in [3.8, 4) is 0 Å². The fourth-order valence-corrected chi connectivity index (χ4v) is 3.98. The van der Waals surface area contributed by atoms with Gasteiger partial charge in [-0.2, -0.15) is 0 Å². The maximum absolute atomic E-state index is 12.2. The molecule has 2 saturated heterocycles. The zero-order chi connectivity index (χ0) is 22.4. The number of hydrogen-bond acceptors (Lipinski definition) is 6. The minimum atomic E-state index is 0.0396. The van der Waals surface area contributed by atoms with Gasteiger partial charge in [-0.1, -0.05) is 24.3 Å². The molecule has 1 aromatic rings. The summed E-state index contributed by atoms with van der Waals surface area (Å²) in [6, 6.07) is 7.76. The van der Waals surface area contributed by atoms with Gasteiger partial charge in [0.05, 0.1) is 39.3 Å². The molecule has 0 saturated carbocycles. The Hall–Kier alpha value is -2.00. The third-order valence-corrected chi connectivity index (χ3v) is 5.91. The average Bonchev–Trinajstić information content (AvgIpc) is 2.82. The molecule has 0 aromatic heterocycles. The van der Waals surface area contributed by atoms with E-state index in [4.69, 9.17) is 9.47 Å². The Bertz CT molecular complexity index is 627. The van der Waals surface area contributed by atoms with Crippen LogP contribution >= 0.6 is 0 Å². The van der Waals surface area contributed by atoms with Crippen molar-refractivity contribution in [3.05, 3.63) is 35.4 Å². The van der Waals surface area contributed by atoms with Crippen molar-refractivity contribution in [2.24, 2.45) is 0 Å². The summed E-state index contributed by atoms with van der Waals surface area (Å²) in [5.74, 6) is 0.0791. The van der Waals surface area contributed by atoms with Crippen LogP contribution in [0.25, 0.3) is 0 Å². The number of nitrogens with zero attached hydrogens (tertiary/aromatic N) is 2. The predicted octanol–water partition coefficient (Wildman–Crippen LogP) is 0.449. The van der Waals surface area contributed by atoms with E-state index in [-0.39, 0.29) is 11.8 Å². The Morgan fingerprint density at radius 2 is 1.06 bits per heavy atom. The number of rotatable bonds is 12.